The van der Waals surface area contributed by atoms with Gasteiger partial charge in [0.05, 0.1) is 0 Å². The van der Waals surface area contributed by atoms with Gasteiger partial charge in [0.25, 0.3) is 5.91 Å². The molecule has 3 nitrogen and oxygen atoms in total. The Balaban J connectivity index is 2.41. The van der Waals surface area contributed by atoms with Crippen molar-refractivity contribution in [2.24, 2.45) is 0 Å². The number of nitrogens with one attached hydrogen (secondary N) is 2. The fourth-order valence-corrected chi connectivity index (χ4v) is 0.996. The molecular formula is C12H14N2O. The van der Waals surface area contributed by atoms with Crippen LogP contribution in [0.1, 0.15) is 5.56 Å². The summed E-state index contributed by atoms with van der Waals surface area (Å²) >= 11 is 0. The van der Waals surface area contributed by atoms with E-state index in [1.807, 2.05) is 37.4 Å². The molecule has 0 saturated carbocycles. The molecule has 1 amide bonds. The highest BCUT2D eigenvalue weighted by molar-refractivity contribution is 5.94. The molecule has 1 aromatic carbocycles. The second kappa shape index (κ2) is 6.63. The lowest BCUT2D eigenvalue weighted by atomic mass is 10.2. The van der Waals surface area contributed by atoms with Gasteiger partial charge in [0, 0.05) is 24.6 Å². The van der Waals surface area contributed by atoms with E-state index in [-0.39, 0.29) is 5.91 Å². The van der Waals surface area contributed by atoms with Crippen LogP contribution >= 0.6 is 0 Å². The zero-order valence-electron chi connectivity index (χ0n) is 8.71. The van der Waals surface area contributed by atoms with E-state index < -0.39 is 0 Å². The van der Waals surface area contributed by atoms with Gasteiger partial charge in [-0.1, -0.05) is 24.1 Å². The van der Waals surface area contributed by atoms with Crippen LogP contribution in [-0.2, 0) is 4.79 Å². The minimum atomic E-state index is -0.242. The number of carbonyl (C=O) groups excluding carboxylic acids is 1. The Hall–Kier alpha value is -1.79. The summed E-state index contributed by atoms with van der Waals surface area (Å²) in [5, 5.41) is 5.61. The van der Waals surface area contributed by atoms with Crippen molar-refractivity contribution < 1.29 is 4.79 Å². The van der Waals surface area contributed by atoms with Crippen molar-refractivity contribution >= 4 is 5.91 Å². The smallest absolute Gasteiger partial charge is 0.296 e. The molecule has 0 atom stereocenters. The Labute approximate surface area is 89.9 Å². The predicted octanol–water partition coefficient (Wildman–Crippen LogP) is 0.374. The summed E-state index contributed by atoms with van der Waals surface area (Å²) in [5.41, 5.74) is 0.848. The van der Waals surface area contributed by atoms with Gasteiger partial charge in [-0.15, -0.1) is 0 Å². The third-order valence-corrected chi connectivity index (χ3v) is 1.75. The highest BCUT2D eigenvalue weighted by Crippen LogP contribution is 1.94. The van der Waals surface area contributed by atoms with Crippen LogP contribution in [-0.4, -0.2) is 26.0 Å². The first-order valence-electron chi connectivity index (χ1n) is 4.82. The molecule has 0 aliphatic carbocycles. The summed E-state index contributed by atoms with van der Waals surface area (Å²) in [5.74, 6) is 5.08. The largest absolute Gasteiger partial charge is 0.344 e. The van der Waals surface area contributed by atoms with Gasteiger partial charge in [0.1, 0.15) is 0 Å². The van der Waals surface area contributed by atoms with Crippen LogP contribution in [0.5, 0.6) is 0 Å². The number of hydrogen-bond acceptors (Lipinski definition) is 2. The first-order valence-corrected chi connectivity index (χ1v) is 4.82. The first-order chi connectivity index (χ1) is 7.33. The van der Waals surface area contributed by atoms with Crippen molar-refractivity contribution in [2.75, 3.05) is 20.1 Å². The van der Waals surface area contributed by atoms with E-state index in [2.05, 4.69) is 22.5 Å². The molecule has 15 heavy (non-hydrogen) atoms. The monoisotopic (exact) mass is 202 g/mol. The van der Waals surface area contributed by atoms with Gasteiger partial charge in [-0.05, 0) is 19.2 Å². The summed E-state index contributed by atoms with van der Waals surface area (Å²) < 4.78 is 0. The van der Waals surface area contributed by atoms with Gasteiger partial charge in [-0.3, -0.25) is 4.79 Å². The molecule has 2 N–H and O–H groups in total. The Morgan fingerprint density at radius 2 is 2.00 bits per heavy atom. The van der Waals surface area contributed by atoms with Crippen molar-refractivity contribution in [3.63, 3.8) is 0 Å². The average Bonchev–Trinajstić information content (AvgIpc) is 2.28. The van der Waals surface area contributed by atoms with Crippen LogP contribution < -0.4 is 10.6 Å². The number of benzene rings is 1. The second-order valence-electron chi connectivity index (χ2n) is 2.98. The standard InChI is InChI=1S/C12H14N2O/c1-13-9-10-14-12(15)8-7-11-5-3-2-4-6-11/h2-6,13H,9-10H2,1H3,(H,14,15). The van der Waals surface area contributed by atoms with Crippen molar-refractivity contribution in [1.82, 2.24) is 10.6 Å². The van der Waals surface area contributed by atoms with E-state index in [1.54, 1.807) is 0 Å². The van der Waals surface area contributed by atoms with Crippen molar-refractivity contribution in [3.8, 4) is 11.8 Å². The summed E-state index contributed by atoms with van der Waals surface area (Å²) in [6, 6.07) is 9.44. The molecule has 0 radical (unpaired) electrons. The number of rotatable bonds is 3. The van der Waals surface area contributed by atoms with Crippen LogP contribution in [0.15, 0.2) is 30.3 Å². The Bertz CT molecular complexity index is 362. The average molecular weight is 202 g/mol. The minimum absolute atomic E-state index is 0.242. The Morgan fingerprint density at radius 1 is 1.27 bits per heavy atom. The molecule has 0 aliphatic rings. The van der Waals surface area contributed by atoms with Gasteiger partial charge in [0.15, 0.2) is 0 Å². The quantitative estimate of drug-likeness (QED) is 0.549. The summed E-state index contributed by atoms with van der Waals surface area (Å²) in [4.78, 5) is 11.2. The number of amides is 1. The fourth-order valence-electron chi connectivity index (χ4n) is 0.996. The summed E-state index contributed by atoms with van der Waals surface area (Å²) in [6.07, 6.45) is 0. The zero-order valence-corrected chi connectivity index (χ0v) is 8.71. The van der Waals surface area contributed by atoms with Crippen molar-refractivity contribution in [3.05, 3.63) is 35.9 Å². The van der Waals surface area contributed by atoms with Crippen LogP contribution in [0.4, 0.5) is 0 Å². The Morgan fingerprint density at radius 3 is 2.67 bits per heavy atom. The predicted molar refractivity (Wildman–Crippen MR) is 60.3 cm³/mol. The minimum Gasteiger partial charge on any atom is -0.344 e. The normalized spacial score (nSPS) is 8.87. The van der Waals surface area contributed by atoms with Gasteiger partial charge in [-0.25, -0.2) is 0 Å². The van der Waals surface area contributed by atoms with Crippen LogP contribution in [0, 0.1) is 11.8 Å². The molecule has 0 unspecified atom stereocenters. The summed E-state index contributed by atoms with van der Waals surface area (Å²) in [6.45, 7) is 1.34. The van der Waals surface area contributed by atoms with Gasteiger partial charge in [-0.2, -0.15) is 0 Å². The van der Waals surface area contributed by atoms with Gasteiger partial charge < -0.3 is 10.6 Å². The molecule has 0 aliphatic heterocycles. The van der Waals surface area contributed by atoms with E-state index in [4.69, 9.17) is 0 Å². The molecule has 1 rings (SSSR count). The molecular weight excluding hydrogens is 188 g/mol. The molecule has 0 bridgehead atoms. The highest BCUT2D eigenvalue weighted by atomic mass is 16.1. The second-order valence-corrected chi connectivity index (χ2v) is 2.98. The SMILES string of the molecule is CNCCNC(=O)C#Cc1ccccc1. The third kappa shape index (κ3) is 4.84. The maximum Gasteiger partial charge on any atom is 0.296 e. The molecule has 0 heterocycles. The maximum atomic E-state index is 11.2. The molecule has 0 fully saturated rings. The first kappa shape index (κ1) is 11.3. The van der Waals surface area contributed by atoms with Gasteiger partial charge in [0.2, 0.25) is 0 Å². The topological polar surface area (TPSA) is 41.1 Å². The molecule has 3 heteroatoms. The van der Waals surface area contributed by atoms with E-state index in [1.165, 1.54) is 0 Å². The van der Waals surface area contributed by atoms with E-state index in [0.717, 1.165) is 12.1 Å². The van der Waals surface area contributed by atoms with Crippen LogP contribution in [0.25, 0.3) is 0 Å². The highest BCUT2D eigenvalue weighted by Gasteiger charge is 1.92. The molecule has 0 spiro atoms. The number of carbonyl (C=O) groups is 1. The lowest BCUT2D eigenvalue weighted by molar-refractivity contribution is -0.115. The zero-order chi connectivity index (χ0) is 10.9. The third-order valence-electron chi connectivity index (χ3n) is 1.75. The fraction of sp³-hybridized carbons (Fsp3) is 0.250. The number of likely N-dealkylation sites (N-methyl/N-ethyl adjacent to an activating group) is 1. The van der Waals surface area contributed by atoms with Gasteiger partial charge >= 0.3 is 0 Å². The maximum absolute atomic E-state index is 11.2. The van der Waals surface area contributed by atoms with Crippen molar-refractivity contribution in [2.45, 2.75) is 0 Å². The summed E-state index contributed by atoms with van der Waals surface area (Å²) in [7, 11) is 1.84. The van der Waals surface area contributed by atoms with Crippen LogP contribution in [0.2, 0.25) is 0 Å². The van der Waals surface area contributed by atoms with Crippen LogP contribution in [0.3, 0.4) is 0 Å². The molecule has 0 saturated heterocycles. The molecule has 0 aromatic heterocycles. The Kier molecular flexibility index (Phi) is 4.99. The molecule has 78 valence electrons. The van der Waals surface area contributed by atoms with E-state index in [0.29, 0.717) is 6.54 Å². The van der Waals surface area contributed by atoms with E-state index in [9.17, 15) is 4.79 Å². The molecule has 1 aromatic rings. The van der Waals surface area contributed by atoms with Crippen molar-refractivity contribution in [1.29, 1.82) is 0 Å². The number of hydrogen-bond donors (Lipinski definition) is 2. The lowest BCUT2D eigenvalue weighted by Crippen LogP contribution is -2.29. The van der Waals surface area contributed by atoms with E-state index >= 15 is 0 Å². The lowest BCUT2D eigenvalue weighted by Gasteiger charge is -1.97.